The quantitative estimate of drug-likeness (QED) is 0.626. The molecule has 4 nitrogen and oxygen atoms in total. The molecular formula is C14H26O4Si. The number of esters is 1. The number of ether oxygens (including phenoxy) is 1. The summed E-state index contributed by atoms with van der Waals surface area (Å²) < 4.78 is 11.6. The van der Waals surface area contributed by atoms with Crippen LogP contribution in [0.15, 0.2) is 0 Å². The summed E-state index contributed by atoms with van der Waals surface area (Å²) in [6, 6.07) is 0. The van der Waals surface area contributed by atoms with Crippen molar-refractivity contribution in [3.63, 3.8) is 0 Å². The lowest BCUT2D eigenvalue weighted by Gasteiger charge is -2.43. The van der Waals surface area contributed by atoms with Crippen LogP contribution in [0.2, 0.25) is 18.1 Å². The fourth-order valence-electron chi connectivity index (χ4n) is 2.66. The van der Waals surface area contributed by atoms with E-state index in [4.69, 9.17) is 9.16 Å². The Morgan fingerprint density at radius 2 is 2.05 bits per heavy atom. The number of carbonyl (C=O) groups excluding carboxylic acids is 1. The molecule has 5 heteroatoms. The van der Waals surface area contributed by atoms with Crippen LogP contribution in [-0.4, -0.2) is 37.2 Å². The number of hydrogen-bond acceptors (Lipinski definition) is 4. The largest absolute Gasteiger partial charge is 0.459 e. The van der Waals surface area contributed by atoms with Gasteiger partial charge >= 0.3 is 5.97 Å². The van der Waals surface area contributed by atoms with Crippen molar-refractivity contribution in [1.29, 1.82) is 0 Å². The summed E-state index contributed by atoms with van der Waals surface area (Å²) in [5.74, 6) is -0.277. The van der Waals surface area contributed by atoms with Gasteiger partial charge in [0.2, 0.25) is 0 Å². The van der Waals surface area contributed by atoms with E-state index in [1.54, 1.807) is 0 Å². The van der Waals surface area contributed by atoms with E-state index < -0.39 is 13.9 Å². The molecule has 0 amide bonds. The summed E-state index contributed by atoms with van der Waals surface area (Å²) in [5.41, 5.74) is -0.940. The molecule has 1 saturated heterocycles. The molecule has 0 spiro atoms. The Morgan fingerprint density at radius 1 is 1.42 bits per heavy atom. The van der Waals surface area contributed by atoms with Crippen molar-refractivity contribution in [3.8, 4) is 0 Å². The van der Waals surface area contributed by atoms with E-state index in [-0.39, 0.29) is 29.6 Å². The Labute approximate surface area is 116 Å². The maximum absolute atomic E-state index is 11.4. The van der Waals surface area contributed by atoms with Gasteiger partial charge in [-0.05, 0) is 31.0 Å². The van der Waals surface area contributed by atoms with Crippen LogP contribution in [0.4, 0.5) is 0 Å². The lowest BCUT2D eigenvalue weighted by molar-refractivity contribution is -0.145. The second-order valence-electron chi connectivity index (χ2n) is 7.53. The first-order valence-electron chi connectivity index (χ1n) is 7.13. The standard InChI is InChI=1S/C14H26O4Si/c1-13(2,3)19(4,5)18-10-6-7-14(16)9-12(15)17-11(14)8-10/h10-11,16H,6-9H2,1-5H3/t10-,11+,14-/m1/s1. The van der Waals surface area contributed by atoms with Gasteiger partial charge in [0.1, 0.15) is 11.7 Å². The molecule has 1 aliphatic heterocycles. The van der Waals surface area contributed by atoms with Crippen molar-refractivity contribution in [2.24, 2.45) is 0 Å². The Balaban J connectivity index is 2.01. The van der Waals surface area contributed by atoms with Gasteiger partial charge in [-0.25, -0.2) is 0 Å². The predicted molar refractivity (Wildman–Crippen MR) is 75.4 cm³/mol. The molecule has 19 heavy (non-hydrogen) atoms. The van der Waals surface area contributed by atoms with Crippen LogP contribution in [0.5, 0.6) is 0 Å². The van der Waals surface area contributed by atoms with Crippen molar-refractivity contribution in [3.05, 3.63) is 0 Å². The fourth-order valence-corrected chi connectivity index (χ4v) is 4.06. The molecule has 2 fully saturated rings. The van der Waals surface area contributed by atoms with Gasteiger partial charge in [-0.3, -0.25) is 4.79 Å². The number of rotatable bonds is 2. The van der Waals surface area contributed by atoms with Gasteiger partial charge in [-0.2, -0.15) is 0 Å². The third-order valence-corrected chi connectivity index (χ3v) is 9.50. The predicted octanol–water partition coefficient (Wildman–Crippen LogP) is 2.61. The average molecular weight is 286 g/mol. The van der Waals surface area contributed by atoms with Crippen LogP contribution >= 0.6 is 0 Å². The summed E-state index contributed by atoms with van der Waals surface area (Å²) >= 11 is 0. The van der Waals surface area contributed by atoms with Gasteiger partial charge in [-0.1, -0.05) is 20.8 Å². The summed E-state index contributed by atoms with van der Waals surface area (Å²) in [6.45, 7) is 11.1. The smallest absolute Gasteiger partial charge is 0.309 e. The van der Waals surface area contributed by atoms with Gasteiger partial charge in [-0.15, -0.1) is 0 Å². The van der Waals surface area contributed by atoms with E-state index in [0.717, 1.165) is 6.42 Å². The fraction of sp³-hybridized carbons (Fsp3) is 0.929. The maximum atomic E-state index is 11.4. The van der Waals surface area contributed by atoms with E-state index in [1.807, 2.05) is 0 Å². The molecule has 1 N–H and O–H groups in total. The highest BCUT2D eigenvalue weighted by Gasteiger charge is 2.52. The summed E-state index contributed by atoms with van der Waals surface area (Å²) in [5, 5.41) is 10.5. The topological polar surface area (TPSA) is 55.8 Å². The molecule has 0 aromatic heterocycles. The van der Waals surface area contributed by atoms with Crippen molar-refractivity contribution < 1.29 is 19.1 Å². The highest BCUT2D eigenvalue weighted by molar-refractivity contribution is 6.74. The normalized spacial score (nSPS) is 36.0. The van der Waals surface area contributed by atoms with Crippen LogP contribution in [0, 0.1) is 0 Å². The molecule has 3 atom stereocenters. The van der Waals surface area contributed by atoms with Gasteiger partial charge < -0.3 is 14.3 Å². The van der Waals surface area contributed by atoms with E-state index in [1.165, 1.54) is 0 Å². The van der Waals surface area contributed by atoms with E-state index in [9.17, 15) is 9.90 Å². The minimum atomic E-state index is -1.80. The second-order valence-corrected chi connectivity index (χ2v) is 12.3. The number of carbonyl (C=O) groups is 1. The number of aliphatic hydroxyl groups is 1. The summed E-state index contributed by atoms with van der Waals surface area (Å²) in [6.07, 6.45) is 1.93. The van der Waals surface area contributed by atoms with Crippen molar-refractivity contribution in [2.45, 2.75) is 82.4 Å². The Kier molecular flexibility index (Phi) is 3.61. The van der Waals surface area contributed by atoms with E-state index >= 15 is 0 Å². The Hall–Kier alpha value is -0.393. The lowest BCUT2D eigenvalue weighted by Crippen LogP contribution is -2.50. The molecule has 1 aliphatic carbocycles. The lowest BCUT2D eigenvalue weighted by atomic mass is 9.80. The van der Waals surface area contributed by atoms with Crippen LogP contribution in [0.1, 0.15) is 46.5 Å². The van der Waals surface area contributed by atoms with Crippen molar-refractivity contribution >= 4 is 14.3 Å². The van der Waals surface area contributed by atoms with Crippen molar-refractivity contribution in [1.82, 2.24) is 0 Å². The van der Waals surface area contributed by atoms with Gasteiger partial charge in [0, 0.05) is 12.5 Å². The first-order valence-corrected chi connectivity index (χ1v) is 10.0. The zero-order valence-electron chi connectivity index (χ0n) is 12.7. The van der Waals surface area contributed by atoms with Crippen LogP contribution in [0.3, 0.4) is 0 Å². The highest BCUT2D eigenvalue weighted by atomic mass is 28.4. The molecule has 2 rings (SSSR count). The zero-order chi connectivity index (χ0) is 14.5. The van der Waals surface area contributed by atoms with Gasteiger partial charge in [0.15, 0.2) is 8.32 Å². The van der Waals surface area contributed by atoms with E-state index in [0.29, 0.717) is 12.8 Å². The zero-order valence-corrected chi connectivity index (χ0v) is 13.7. The molecule has 0 radical (unpaired) electrons. The monoisotopic (exact) mass is 286 g/mol. The Morgan fingerprint density at radius 3 is 2.63 bits per heavy atom. The Bertz CT molecular complexity index is 374. The molecule has 2 aliphatic rings. The number of fused-ring (bicyclic) bond motifs is 1. The third kappa shape index (κ3) is 2.88. The molecule has 0 bridgehead atoms. The van der Waals surface area contributed by atoms with Crippen LogP contribution < -0.4 is 0 Å². The molecule has 1 heterocycles. The first kappa shape index (κ1) is 15.0. The maximum Gasteiger partial charge on any atom is 0.309 e. The summed E-state index contributed by atoms with van der Waals surface area (Å²) in [7, 11) is -1.80. The number of hydrogen-bond donors (Lipinski definition) is 1. The average Bonchev–Trinajstić information content (AvgIpc) is 2.50. The minimum absolute atomic E-state index is 0.108. The molecular weight excluding hydrogens is 260 g/mol. The van der Waals surface area contributed by atoms with Crippen LogP contribution in [-0.2, 0) is 14.0 Å². The second kappa shape index (κ2) is 4.57. The molecule has 0 unspecified atom stereocenters. The molecule has 0 aromatic rings. The SMILES string of the molecule is CC(C)(C)[Si](C)(C)O[C@@H]1CC[C@@]2(O)CC(=O)O[C@H]2C1. The molecule has 0 aromatic carbocycles. The van der Waals surface area contributed by atoms with Gasteiger partial charge in [0.25, 0.3) is 0 Å². The highest BCUT2D eigenvalue weighted by Crippen LogP contribution is 2.43. The van der Waals surface area contributed by atoms with E-state index in [2.05, 4.69) is 33.9 Å². The third-order valence-electron chi connectivity index (χ3n) is 4.97. The van der Waals surface area contributed by atoms with Crippen molar-refractivity contribution in [2.75, 3.05) is 0 Å². The first-order chi connectivity index (χ1) is 8.53. The molecule has 1 saturated carbocycles. The van der Waals surface area contributed by atoms with Gasteiger partial charge in [0.05, 0.1) is 6.42 Å². The van der Waals surface area contributed by atoms with Crippen LogP contribution in [0.25, 0.3) is 0 Å². The molecule has 110 valence electrons. The minimum Gasteiger partial charge on any atom is -0.459 e. The summed E-state index contributed by atoms with van der Waals surface area (Å²) in [4.78, 5) is 11.4.